The average molecular weight is 106 g/mol. The highest BCUT2D eigenvalue weighted by Gasteiger charge is 1.74. The van der Waals surface area contributed by atoms with Crippen LogP contribution in [0, 0.1) is 0 Å². The van der Waals surface area contributed by atoms with Gasteiger partial charge in [-0.2, -0.15) is 0 Å². The third-order valence-corrected chi connectivity index (χ3v) is 0.477. The zero-order chi connectivity index (χ0) is 10.2. The number of phenolic OH excluding ortho intramolecular Hbond substituents is 1. The molecule has 0 aliphatic heterocycles. The molecule has 1 N–H and O–H groups in total. The maximum Gasteiger partial charge on any atom is 0.293 e. The van der Waals surface area contributed by atoms with Crippen LogP contribution in [0.25, 0.3) is 0 Å². The Morgan fingerprint density at radius 1 is 1.43 bits per heavy atom. The molecule has 0 amide bonds. The summed E-state index contributed by atoms with van der Waals surface area (Å²) >= 11 is 0. The summed E-state index contributed by atoms with van der Waals surface area (Å²) in [5, 5.41) is 3.94. The summed E-state index contributed by atoms with van der Waals surface area (Å²) in [4.78, 5) is 0. The van der Waals surface area contributed by atoms with Gasteiger partial charge >= 0.3 is 0 Å². The Bertz CT molecular complexity index is 320. The summed E-state index contributed by atoms with van der Waals surface area (Å²) in [6.45, 7) is 0. The first kappa shape index (κ1) is 1.05. The predicted octanol–water partition coefficient (Wildman–Crippen LogP) is 1.39. The third-order valence-electron chi connectivity index (χ3n) is 0.477. The maximum absolute atomic E-state index is 7.22. The smallest absolute Gasteiger partial charge is 0.293 e. The molecule has 0 saturated carbocycles. The highest BCUT2D eigenvalue weighted by Crippen LogP contribution is 2.02. The first-order valence-corrected chi connectivity index (χ1v) is 1.70. The Hall–Kier alpha value is -0.980. The lowest BCUT2D eigenvalue weighted by Crippen LogP contribution is -1.56. The molecule has 0 aliphatic rings. The molecule has 0 aliphatic carbocycles. The van der Waals surface area contributed by atoms with Crippen LogP contribution in [0.15, 0.2) is 30.2 Å². The zero-order valence-corrected chi connectivity index (χ0v) is 3.41. The van der Waals surface area contributed by atoms with Crippen LogP contribution in [0.1, 0.15) is 6.85 Å². The third kappa shape index (κ3) is 0.929. The van der Waals surface area contributed by atoms with Crippen molar-refractivity contribution in [3.05, 3.63) is 30.2 Å². The van der Waals surface area contributed by atoms with Crippen LogP contribution < -0.4 is 0 Å². The van der Waals surface area contributed by atoms with E-state index in [0.29, 0.717) is 0 Å². The molecule has 1 heteroatoms. The second-order valence-electron chi connectivity index (χ2n) is 0.954. The van der Waals surface area contributed by atoms with Crippen molar-refractivity contribution in [2.75, 3.05) is 0 Å². The summed E-state index contributed by atoms with van der Waals surface area (Å²) in [6, 6.07) is -2.48. The molecule has 36 valence electrons. The highest BCUT2D eigenvalue weighted by molar-refractivity contribution is 5.18. The summed E-state index contributed by atoms with van der Waals surface area (Å²) in [6.07, 6.45) is 0. The van der Waals surface area contributed by atoms with Crippen molar-refractivity contribution in [1.29, 1.82) is 1.43 Å². The van der Waals surface area contributed by atoms with Crippen molar-refractivity contribution in [1.82, 2.24) is 0 Å². The van der Waals surface area contributed by atoms with E-state index in [1.165, 1.54) is 0 Å². The van der Waals surface area contributed by atoms with E-state index < -0.39 is 36.0 Å². The molecular formula is C6H6O. The van der Waals surface area contributed by atoms with Crippen molar-refractivity contribution in [2.24, 2.45) is 0 Å². The van der Waals surface area contributed by atoms with E-state index in [2.05, 4.69) is 5.11 Å². The van der Waals surface area contributed by atoms with Crippen LogP contribution in [-0.4, -0.2) is 6.54 Å². The van der Waals surface area contributed by atoms with Crippen LogP contribution in [0.4, 0.5) is 0 Å². The molecule has 0 unspecified atom stereocenters. The maximum atomic E-state index is 7.22. The topological polar surface area (TPSA) is 20.2 Å². The Labute approximate surface area is 50.7 Å². The Morgan fingerprint density at radius 2 is 2.14 bits per heavy atom. The predicted molar refractivity (Wildman–Crippen MR) is 28.1 cm³/mol. The van der Waals surface area contributed by atoms with E-state index in [1.807, 2.05) is 0 Å². The van der Waals surface area contributed by atoms with Gasteiger partial charge in [0.25, 0.3) is 1.43 Å². The van der Waals surface area contributed by atoms with Crippen LogP contribution in [-0.2, 0) is 0 Å². The van der Waals surface area contributed by atoms with Gasteiger partial charge in [0, 0.05) is 0 Å². The van der Waals surface area contributed by atoms with Crippen LogP contribution in [0.2, 0.25) is 0 Å². The lowest BCUT2D eigenvalue weighted by molar-refractivity contribution is 0.475. The first-order chi connectivity index (χ1) is 6.00. The molecule has 0 spiro atoms. The van der Waals surface area contributed by atoms with Gasteiger partial charge in [-0.1, -0.05) is 18.1 Å². The van der Waals surface area contributed by atoms with Crippen molar-refractivity contribution in [3.8, 4) is 5.75 Å². The van der Waals surface area contributed by atoms with Crippen molar-refractivity contribution in [3.63, 3.8) is 0 Å². The minimum atomic E-state index is -0.499. The van der Waals surface area contributed by atoms with Gasteiger partial charge in [-0.25, -0.2) is 0 Å². The van der Waals surface area contributed by atoms with Gasteiger partial charge in [-0.3, -0.25) is 0 Å². The number of hydrogen-bond acceptors (Lipinski definition) is 1. The highest BCUT2D eigenvalue weighted by atomic mass is 16.3. The van der Waals surface area contributed by atoms with Crippen LogP contribution in [0.3, 0.4) is 0 Å². The van der Waals surface area contributed by atoms with Gasteiger partial charge in [0.1, 0.15) is 5.75 Å². The molecule has 0 bridgehead atoms. The first-order valence-electron chi connectivity index (χ1n) is 4.61. The quantitative estimate of drug-likeness (QED) is 0.573. The summed E-state index contributed by atoms with van der Waals surface area (Å²) in [7, 11) is 0. The van der Waals surface area contributed by atoms with Gasteiger partial charge in [0.2, 0.25) is 0 Å². The lowest BCUT2D eigenvalue weighted by Gasteiger charge is -1.82. The minimum absolute atomic E-state index is 0.453. The molecule has 1 aromatic carbocycles. The summed E-state index contributed by atoms with van der Waals surface area (Å²) in [5.41, 5.74) is 0. The van der Waals surface area contributed by atoms with Crippen molar-refractivity contribution >= 4 is 0 Å². The Kier molecular flexibility index (Phi) is 0.247. The molecule has 0 fully saturated rings. The molecule has 0 heterocycles. The summed E-state index contributed by atoms with van der Waals surface area (Å²) in [5.74, 6) is -0.453. The molecule has 0 aromatic heterocycles. The Morgan fingerprint density at radius 3 is 2.71 bits per heavy atom. The monoisotopic (exact) mass is 106 g/mol. The van der Waals surface area contributed by atoms with Gasteiger partial charge in [-0.15, -0.1) is 0 Å². The molecule has 1 nitrogen and oxygen atoms in total. The standard InChI is InChI=1S/C6H6O/c7-6-4-2-1-3-5-6/h1-5,7H/i1T,2T,3T,4T,5T/hT. The molecule has 7 heavy (non-hydrogen) atoms. The molecule has 1 aromatic rings. The summed E-state index contributed by atoms with van der Waals surface area (Å²) < 4.78 is 42.5. The normalized spacial score (nSPS) is 20.0. The second kappa shape index (κ2) is 1.65. The Balaban J connectivity index is 3.56. The number of para-hydroxylation sites is 1. The number of aromatic hydroxyl groups is 1. The van der Waals surface area contributed by atoms with E-state index in [0.717, 1.165) is 0 Å². The fraction of sp³-hybridized carbons (Fsp3) is 0. The molecule has 0 atom stereocenters. The van der Waals surface area contributed by atoms with Gasteiger partial charge in [0.15, 0.2) is 0 Å². The van der Waals surface area contributed by atoms with Gasteiger partial charge in [-0.05, 0) is 12.1 Å². The lowest BCUT2D eigenvalue weighted by atomic mass is 10.3. The zero-order valence-electron chi connectivity index (χ0n) is 9.41. The van der Waals surface area contributed by atoms with Gasteiger partial charge in [0.05, 0.1) is 6.85 Å². The van der Waals surface area contributed by atoms with E-state index >= 15 is 0 Å². The van der Waals surface area contributed by atoms with E-state index in [4.69, 9.17) is 8.28 Å². The van der Waals surface area contributed by atoms with Crippen molar-refractivity contribution < 1.29 is 12.0 Å². The van der Waals surface area contributed by atoms with E-state index in [9.17, 15) is 0 Å². The molecular weight excluding hydrogens is 88.1 g/mol. The van der Waals surface area contributed by atoms with E-state index in [-0.39, 0.29) is 0 Å². The number of hydrogen-bond donors (Lipinski definition) is 1. The number of benzene rings is 1. The average Bonchev–Trinajstić information content (AvgIpc) is 2.13. The minimum Gasteiger partial charge on any atom is -0.508 e. The fourth-order valence-corrected chi connectivity index (χ4v) is 0.239. The van der Waals surface area contributed by atoms with Crippen LogP contribution in [0.5, 0.6) is 5.75 Å². The molecule has 0 radical (unpaired) electrons. The molecule has 1 rings (SSSR count). The SMILES string of the molecule is [3H]Oc1c([3H])c([3H])c([3H])c([3H])c1[3H]. The number of phenols is 1. The van der Waals surface area contributed by atoms with Gasteiger partial charge < -0.3 is 5.11 Å². The molecule has 0 saturated heterocycles. The van der Waals surface area contributed by atoms with Crippen LogP contribution >= 0.6 is 0 Å². The fourth-order valence-electron chi connectivity index (χ4n) is 0.239. The van der Waals surface area contributed by atoms with E-state index in [1.54, 1.807) is 0 Å². The number of rotatable bonds is 1. The van der Waals surface area contributed by atoms with Crippen molar-refractivity contribution in [2.45, 2.75) is 0 Å². The second-order valence-corrected chi connectivity index (χ2v) is 0.954. The largest absolute Gasteiger partial charge is 0.508 e.